The van der Waals surface area contributed by atoms with Crippen molar-refractivity contribution in [1.82, 2.24) is 0 Å². The highest BCUT2D eigenvalue weighted by Crippen LogP contribution is 1.93. The van der Waals surface area contributed by atoms with Crippen LogP contribution in [-0.4, -0.2) is 10.3 Å². The van der Waals surface area contributed by atoms with Crippen molar-refractivity contribution in [2.45, 2.75) is 20.3 Å². The lowest BCUT2D eigenvalue weighted by atomic mass is 10.5. The van der Waals surface area contributed by atoms with Gasteiger partial charge in [-0.15, -0.1) is 10.2 Å². The van der Waals surface area contributed by atoms with Crippen LogP contribution < -0.4 is 0 Å². The Hall–Kier alpha value is -0.0800. The van der Waals surface area contributed by atoms with Gasteiger partial charge in [-0.25, -0.2) is 0 Å². The van der Waals surface area contributed by atoms with Gasteiger partial charge in [0, 0.05) is 0 Å². The van der Waals surface area contributed by atoms with E-state index in [0.29, 0.717) is 16.8 Å². The Morgan fingerprint density at radius 1 is 1.33 bits per heavy atom. The van der Waals surface area contributed by atoms with E-state index in [4.69, 9.17) is 23.2 Å². The molecule has 0 heterocycles. The van der Waals surface area contributed by atoms with Gasteiger partial charge >= 0.3 is 0 Å². The van der Waals surface area contributed by atoms with Crippen LogP contribution in [0.15, 0.2) is 10.2 Å². The SMILES string of the molecule is CC/C(Cl)=N/N=C(/C)Cl. The fourth-order valence-electron chi connectivity index (χ4n) is 0.194. The van der Waals surface area contributed by atoms with Crippen molar-refractivity contribution in [3.8, 4) is 0 Å². The highest BCUT2D eigenvalue weighted by molar-refractivity contribution is 6.66. The molecule has 0 aliphatic heterocycles. The van der Waals surface area contributed by atoms with E-state index in [1.54, 1.807) is 6.92 Å². The third-order valence-corrected chi connectivity index (χ3v) is 1.01. The van der Waals surface area contributed by atoms with Crippen molar-refractivity contribution in [2.75, 3.05) is 0 Å². The molecule has 0 amide bonds. The van der Waals surface area contributed by atoms with E-state index < -0.39 is 0 Å². The number of hydrogen-bond donors (Lipinski definition) is 0. The predicted molar refractivity (Wildman–Crippen MR) is 42.5 cm³/mol. The molecule has 0 aliphatic carbocycles. The highest BCUT2D eigenvalue weighted by Gasteiger charge is 1.85. The van der Waals surface area contributed by atoms with Crippen LogP contribution in [0.4, 0.5) is 0 Å². The maximum Gasteiger partial charge on any atom is 0.128 e. The molecule has 2 nitrogen and oxygen atoms in total. The van der Waals surface area contributed by atoms with Crippen LogP contribution in [-0.2, 0) is 0 Å². The number of rotatable bonds is 2. The van der Waals surface area contributed by atoms with Crippen molar-refractivity contribution in [3.05, 3.63) is 0 Å². The first-order valence-electron chi connectivity index (χ1n) is 2.59. The summed E-state index contributed by atoms with van der Waals surface area (Å²) in [6.07, 6.45) is 0.690. The predicted octanol–water partition coefficient (Wildman–Crippen LogP) is 2.61. The van der Waals surface area contributed by atoms with E-state index in [9.17, 15) is 0 Å². The zero-order valence-electron chi connectivity index (χ0n) is 5.36. The van der Waals surface area contributed by atoms with Crippen LogP contribution in [0.25, 0.3) is 0 Å². The fourth-order valence-corrected chi connectivity index (χ4v) is 0.269. The molecule has 4 heteroatoms. The smallest absolute Gasteiger partial charge is 0.128 e. The molecule has 0 saturated heterocycles. The minimum atomic E-state index is 0.390. The van der Waals surface area contributed by atoms with Crippen LogP contribution in [0.2, 0.25) is 0 Å². The third kappa shape index (κ3) is 5.80. The number of hydrogen-bond acceptors (Lipinski definition) is 2. The second kappa shape index (κ2) is 4.77. The van der Waals surface area contributed by atoms with E-state index >= 15 is 0 Å². The van der Waals surface area contributed by atoms with Gasteiger partial charge in [0.1, 0.15) is 10.3 Å². The Bertz CT molecular complexity index is 136. The molecule has 52 valence electrons. The molecule has 0 aromatic heterocycles. The van der Waals surface area contributed by atoms with Crippen LogP contribution in [0.3, 0.4) is 0 Å². The standard InChI is InChI=1S/C5H8Cl2N2/c1-3-5(7)9-8-4(2)6/h3H2,1-2H3/b8-4-,9-5-. The van der Waals surface area contributed by atoms with Gasteiger partial charge in [-0.05, 0) is 13.3 Å². The zero-order valence-corrected chi connectivity index (χ0v) is 6.87. The summed E-state index contributed by atoms with van der Waals surface area (Å²) >= 11 is 10.9. The van der Waals surface area contributed by atoms with Gasteiger partial charge < -0.3 is 0 Å². The van der Waals surface area contributed by atoms with E-state index in [0.717, 1.165) is 0 Å². The second-order valence-electron chi connectivity index (χ2n) is 1.43. The second-order valence-corrected chi connectivity index (χ2v) is 2.41. The molecule has 0 rings (SSSR count). The summed E-state index contributed by atoms with van der Waals surface area (Å²) in [5.74, 6) is 0. The summed E-state index contributed by atoms with van der Waals surface area (Å²) in [4.78, 5) is 0. The summed E-state index contributed by atoms with van der Waals surface area (Å²) in [6.45, 7) is 3.54. The van der Waals surface area contributed by atoms with Crippen molar-refractivity contribution in [2.24, 2.45) is 10.2 Å². The lowest BCUT2D eigenvalue weighted by molar-refractivity contribution is 1.20. The molecule has 0 N–H and O–H groups in total. The van der Waals surface area contributed by atoms with Crippen molar-refractivity contribution in [1.29, 1.82) is 0 Å². The Morgan fingerprint density at radius 2 is 1.89 bits per heavy atom. The first-order valence-corrected chi connectivity index (χ1v) is 3.34. The molecule has 0 unspecified atom stereocenters. The average molecular weight is 167 g/mol. The van der Waals surface area contributed by atoms with Gasteiger partial charge in [-0.1, -0.05) is 30.1 Å². The zero-order chi connectivity index (χ0) is 7.28. The topological polar surface area (TPSA) is 24.7 Å². The van der Waals surface area contributed by atoms with Gasteiger partial charge in [0.15, 0.2) is 0 Å². The Labute approximate surface area is 64.6 Å². The van der Waals surface area contributed by atoms with Crippen molar-refractivity contribution < 1.29 is 0 Å². The highest BCUT2D eigenvalue weighted by atomic mass is 35.5. The van der Waals surface area contributed by atoms with Crippen LogP contribution in [0.1, 0.15) is 20.3 Å². The Kier molecular flexibility index (Phi) is 4.72. The van der Waals surface area contributed by atoms with Crippen LogP contribution >= 0.6 is 23.2 Å². The molecule has 0 radical (unpaired) electrons. The molecule has 0 aliphatic rings. The quantitative estimate of drug-likeness (QED) is 0.446. The summed E-state index contributed by atoms with van der Waals surface area (Å²) in [5, 5.41) is 7.97. The maximum atomic E-state index is 5.49. The minimum Gasteiger partial charge on any atom is -0.142 e. The summed E-state index contributed by atoms with van der Waals surface area (Å²) in [5.41, 5.74) is 0. The van der Waals surface area contributed by atoms with E-state index in [1.807, 2.05) is 6.92 Å². The molecule has 0 aromatic carbocycles. The monoisotopic (exact) mass is 166 g/mol. The number of halogens is 2. The lowest BCUT2D eigenvalue weighted by Gasteiger charge is -1.84. The fraction of sp³-hybridized carbons (Fsp3) is 0.600. The Balaban J connectivity index is 3.83. The van der Waals surface area contributed by atoms with Crippen LogP contribution in [0, 0.1) is 0 Å². The molecule has 9 heavy (non-hydrogen) atoms. The van der Waals surface area contributed by atoms with Gasteiger partial charge in [-0.3, -0.25) is 0 Å². The summed E-state index contributed by atoms with van der Waals surface area (Å²) in [7, 11) is 0. The Morgan fingerprint density at radius 3 is 2.22 bits per heavy atom. The molecule has 0 fully saturated rings. The molecule has 0 saturated carbocycles. The first kappa shape index (κ1) is 8.92. The summed E-state index contributed by atoms with van der Waals surface area (Å²) < 4.78 is 0. The van der Waals surface area contributed by atoms with Gasteiger partial charge in [0.05, 0.1) is 0 Å². The molecule has 0 atom stereocenters. The largest absolute Gasteiger partial charge is 0.142 e. The molecule has 0 bridgehead atoms. The third-order valence-electron chi connectivity index (χ3n) is 0.588. The molecular weight excluding hydrogens is 159 g/mol. The van der Waals surface area contributed by atoms with Crippen LogP contribution in [0.5, 0.6) is 0 Å². The van der Waals surface area contributed by atoms with Crippen molar-refractivity contribution in [3.63, 3.8) is 0 Å². The van der Waals surface area contributed by atoms with Gasteiger partial charge in [0.25, 0.3) is 0 Å². The molecule has 0 spiro atoms. The van der Waals surface area contributed by atoms with E-state index in [2.05, 4.69) is 10.2 Å². The summed E-state index contributed by atoms with van der Waals surface area (Å²) in [6, 6.07) is 0. The molecular formula is C5H8Cl2N2. The first-order chi connectivity index (χ1) is 4.16. The lowest BCUT2D eigenvalue weighted by Crippen LogP contribution is -1.81. The van der Waals surface area contributed by atoms with E-state index in [1.165, 1.54) is 0 Å². The van der Waals surface area contributed by atoms with E-state index in [-0.39, 0.29) is 0 Å². The number of nitrogens with zero attached hydrogens (tertiary/aromatic N) is 2. The normalized spacial score (nSPS) is 14.2. The molecule has 0 aromatic rings. The average Bonchev–Trinajstić information content (AvgIpc) is 1.83. The minimum absolute atomic E-state index is 0.390. The van der Waals surface area contributed by atoms with Gasteiger partial charge in [-0.2, -0.15) is 0 Å². The van der Waals surface area contributed by atoms with Crippen molar-refractivity contribution >= 4 is 33.5 Å². The maximum absolute atomic E-state index is 5.49. The van der Waals surface area contributed by atoms with Gasteiger partial charge in [0.2, 0.25) is 0 Å².